The molecule has 1 heterocycles. The van der Waals surface area contributed by atoms with E-state index in [4.69, 9.17) is 5.11 Å². The minimum atomic E-state index is -1.00. The highest BCUT2D eigenvalue weighted by molar-refractivity contribution is 5.88. The molecule has 0 bridgehead atoms. The fourth-order valence-electron chi connectivity index (χ4n) is 1.49. The summed E-state index contributed by atoms with van der Waals surface area (Å²) < 4.78 is 0. The Hall–Kier alpha value is -1.69. The summed E-state index contributed by atoms with van der Waals surface area (Å²) in [6.07, 6.45) is 2.31. The molecule has 1 aromatic rings. The summed E-state index contributed by atoms with van der Waals surface area (Å²) in [5, 5.41) is 12.0. The Bertz CT molecular complexity index is 421. The number of anilines is 1. The molecule has 2 N–H and O–H groups in total. The number of nitrogens with zero attached hydrogens (tertiary/aromatic N) is 3. The fraction of sp³-hybridized carbons (Fsp3) is 0.583. The van der Waals surface area contributed by atoms with Gasteiger partial charge in [-0.3, -0.25) is 0 Å². The van der Waals surface area contributed by atoms with Gasteiger partial charge in [0.25, 0.3) is 0 Å². The molecule has 18 heavy (non-hydrogen) atoms. The van der Waals surface area contributed by atoms with E-state index in [9.17, 15) is 4.79 Å². The van der Waals surface area contributed by atoms with Crippen molar-refractivity contribution in [1.29, 1.82) is 0 Å². The molecule has 0 spiro atoms. The predicted molar refractivity (Wildman–Crippen MR) is 70.0 cm³/mol. The zero-order chi connectivity index (χ0) is 13.7. The molecule has 1 unspecified atom stereocenters. The van der Waals surface area contributed by atoms with Crippen LogP contribution in [0.2, 0.25) is 0 Å². The molecule has 6 heteroatoms. The molecular weight excluding hydrogens is 232 g/mol. The van der Waals surface area contributed by atoms with Gasteiger partial charge in [-0.2, -0.15) is 0 Å². The van der Waals surface area contributed by atoms with Crippen LogP contribution in [0.5, 0.6) is 0 Å². The number of hydrogen-bond donors (Lipinski definition) is 2. The highest BCUT2D eigenvalue weighted by Crippen LogP contribution is 2.08. The maximum Gasteiger partial charge on any atom is 0.339 e. The molecule has 0 saturated carbocycles. The van der Waals surface area contributed by atoms with Crippen LogP contribution >= 0.6 is 0 Å². The zero-order valence-electron chi connectivity index (χ0n) is 11.3. The molecule has 0 fully saturated rings. The lowest BCUT2D eigenvalue weighted by atomic mass is 10.2. The first kappa shape index (κ1) is 14.4. The number of aryl methyl sites for hydroxylation is 1. The van der Waals surface area contributed by atoms with Gasteiger partial charge >= 0.3 is 5.97 Å². The Morgan fingerprint density at radius 3 is 2.72 bits per heavy atom. The SMILES string of the molecule is Cc1nc(NC(C)CCN(C)C)ncc1C(=O)O. The van der Waals surface area contributed by atoms with E-state index in [0.717, 1.165) is 13.0 Å². The first-order valence-electron chi connectivity index (χ1n) is 5.88. The van der Waals surface area contributed by atoms with Crippen LogP contribution in [0, 0.1) is 6.92 Å². The van der Waals surface area contributed by atoms with Gasteiger partial charge in [-0.1, -0.05) is 0 Å². The Morgan fingerprint density at radius 2 is 2.22 bits per heavy atom. The van der Waals surface area contributed by atoms with Crippen molar-refractivity contribution in [3.63, 3.8) is 0 Å². The van der Waals surface area contributed by atoms with Gasteiger partial charge < -0.3 is 15.3 Å². The smallest absolute Gasteiger partial charge is 0.339 e. The summed E-state index contributed by atoms with van der Waals surface area (Å²) in [5.41, 5.74) is 0.612. The van der Waals surface area contributed by atoms with Crippen LogP contribution in [-0.4, -0.2) is 52.6 Å². The first-order valence-corrected chi connectivity index (χ1v) is 5.88. The summed E-state index contributed by atoms with van der Waals surface area (Å²) in [6.45, 7) is 4.69. The van der Waals surface area contributed by atoms with Crippen molar-refractivity contribution >= 4 is 11.9 Å². The molecule has 1 aromatic heterocycles. The number of rotatable bonds is 6. The molecule has 1 atom stereocenters. The largest absolute Gasteiger partial charge is 0.478 e. The average molecular weight is 252 g/mol. The van der Waals surface area contributed by atoms with Gasteiger partial charge in [0.05, 0.1) is 11.3 Å². The average Bonchev–Trinajstić information content (AvgIpc) is 2.26. The minimum absolute atomic E-state index is 0.140. The summed E-state index contributed by atoms with van der Waals surface area (Å²) in [4.78, 5) is 21.1. The normalized spacial score (nSPS) is 12.5. The van der Waals surface area contributed by atoms with E-state index in [1.54, 1.807) is 6.92 Å². The lowest BCUT2D eigenvalue weighted by Gasteiger charge is -2.16. The van der Waals surface area contributed by atoms with Crippen LogP contribution in [0.1, 0.15) is 29.4 Å². The van der Waals surface area contributed by atoms with Crippen LogP contribution in [0.15, 0.2) is 6.20 Å². The molecule has 6 nitrogen and oxygen atoms in total. The molecule has 1 rings (SSSR count). The van der Waals surface area contributed by atoms with Crippen molar-refractivity contribution in [3.8, 4) is 0 Å². The monoisotopic (exact) mass is 252 g/mol. The third kappa shape index (κ3) is 4.29. The Kier molecular flexibility index (Phi) is 5.03. The summed E-state index contributed by atoms with van der Waals surface area (Å²) in [5.74, 6) is -0.525. The second-order valence-electron chi connectivity index (χ2n) is 4.64. The maximum absolute atomic E-state index is 10.8. The number of aromatic carboxylic acids is 1. The van der Waals surface area contributed by atoms with Gasteiger partial charge in [-0.05, 0) is 40.9 Å². The molecule has 0 amide bonds. The van der Waals surface area contributed by atoms with Crippen LogP contribution in [0.4, 0.5) is 5.95 Å². The Morgan fingerprint density at radius 1 is 1.56 bits per heavy atom. The van der Waals surface area contributed by atoms with Crippen molar-refractivity contribution in [2.24, 2.45) is 0 Å². The lowest BCUT2D eigenvalue weighted by Crippen LogP contribution is -2.24. The summed E-state index contributed by atoms with van der Waals surface area (Å²) >= 11 is 0. The molecule has 0 aliphatic carbocycles. The van der Waals surface area contributed by atoms with Gasteiger partial charge in [0.2, 0.25) is 5.95 Å². The summed E-state index contributed by atoms with van der Waals surface area (Å²) in [7, 11) is 4.05. The number of hydrogen-bond acceptors (Lipinski definition) is 5. The van der Waals surface area contributed by atoms with Gasteiger partial charge in [0.1, 0.15) is 0 Å². The van der Waals surface area contributed by atoms with E-state index < -0.39 is 5.97 Å². The number of nitrogens with one attached hydrogen (secondary N) is 1. The number of aromatic nitrogens is 2. The van der Waals surface area contributed by atoms with Crippen LogP contribution in [-0.2, 0) is 0 Å². The van der Waals surface area contributed by atoms with Crippen LogP contribution in [0.25, 0.3) is 0 Å². The van der Waals surface area contributed by atoms with Crippen LogP contribution in [0.3, 0.4) is 0 Å². The Balaban J connectivity index is 2.63. The number of carboxylic acids is 1. The molecule has 0 aliphatic rings. The first-order chi connectivity index (χ1) is 8.40. The predicted octanol–water partition coefficient (Wildman–Crippen LogP) is 1.24. The lowest BCUT2D eigenvalue weighted by molar-refractivity contribution is 0.0695. The maximum atomic E-state index is 10.8. The second-order valence-corrected chi connectivity index (χ2v) is 4.64. The van der Waals surface area contributed by atoms with Crippen LogP contribution < -0.4 is 5.32 Å². The van der Waals surface area contributed by atoms with E-state index in [1.807, 2.05) is 21.0 Å². The zero-order valence-corrected chi connectivity index (χ0v) is 11.3. The molecular formula is C12H20N4O2. The molecule has 0 radical (unpaired) electrons. The van der Waals surface area contributed by atoms with Gasteiger partial charge in [0.15, 0.2) is 0 Å². The van der Waals surface area contributed by atoms with E-state index >= 15 is 0 Å². The van der Waals surface area contributed by atoms with Gasteiger partial charge in [-0.15, -0.1) is 0 Å². The highest BCUT2D eigenvalue weighted by atomic mass is 16.4. The second kappa shape index (κ2) is 6.30. The quantitative estimate of drug-likeness (QED) is 0.793. The third-order valence-electron chi connectivity index (χ3n) is 2.59. The number of carbonyl (C=O) groups is 1. The van der Waals surface area contributed by atoms with E-state index in [-0.39, 0.29) is 11.6 Å². The van der Waals surface area contributed by atoms with Crippen molar-refractivity contribution in [2.75, 3.05) is 26.0 Å². The molecule has 0 saturated heterocycles. The van der Waals surface area contributed by atoms with Crippen molar-refractivity contribution < 1.29 is 9.90 Å². The molecule has 100 valence electrons. The highest BCUT2D eigenvalue weighted by Gasteiger charge is 2.11. The van der Waals surface area contributed by atoms with E-state index in [0.29, 0.717) is 11.6 Å². The topological polar surface area (TPSA) is 78.4 Å². The number of carboxylic acid groups (broad SMARTS) is 1. The Labute approximate surface area is 107 Å². The third-order valence-corrected chi connectivity index (χ3v) is 2.59. The fourth-order valence-corrected chi connectivity index (χ4v) is 1.49. The van der Waals surface area contributed by atoms with Crippen molar-refractivity contribution in [3.05, 3.63) is 17.5 Å². The standard InChI is InChI=1S/C12H20N4O2/c1-8(5-6-16(3)4)14-12-13-7-10(11(17)18)9(2)15-12/h7-8H,5-6H2,1-4H3,(H,17,18)(H,13,14,15). The minimum Gasteiger partial charge on any atom is -0.478 e. The summed E-state index contributed by atoms with van der Waals surface area (Å²) in [6, 6.07) is 0.238. The van der Waals surface area contributed by atoms with Gasteiger partial charge in [0, 0.05) is 12.2 Å². The van der Waals surface area contributed by atoms with E-state index in [1.165, 1.54) is 6.20 Å². The molecule has 0 aliphatic heterocycles. The van der Waals surface area contributed by atoms with Crippen molar-refractivity contribution in [1.82, 2.24) is 14.9 Å². The van der Waals surface area contributed by atoms with E-state index in [2.05, 4.69) is 20.2 Å². The van der Waals surface area contributed by atoms with Gasteiger partial charge in [-0.25, -0.2) is 14.8 Å². The van der Waals surface area contributed by atoms with Crippen molar-refractivity contribution in [2.45, 2.75) is 26.3 Å². The molecule has 0 aromatic carbocycles.